The van der Waals surface area contributed by atoms with Crippen molar-refractivity contribution in [2.45, 2.75) is 65.0 Å². The lowest BCUT2D eigenvalue weighted by molar-refractivity contribution is 0.0465. The summed E-state index contributed by atoms with van der Waals surface area (Å²) >= 11 is 3.49. The van der Waals surface area contributed by atoms with Gasteiger partial charge in [0.25, 0.3) is 11.8 Å². The average molecular weight is 430 g/mol. The maximum atomic E-state index is 12.4. The molecule has 0 saturated heterocycles. The van der Waals surface area contributed by atoms with Gasteiger partial charge in [0.1, 0.15) is 10.2 Å². The van der Waals surface area contributed by atoms with Gasteiger partial charge in [0, 0.05) is 12.0 Å². The van der Waals surface area contributed by atoms with Gasteiger partial charge in [-0.25, -0.2) is 9.78 Å². The molecule has 8 heteroatoms. The first-order valence-electron chi connectivity index (χ1n) is 8.63. The van der Waals surface area contributed by atoms with E-state index in [4.69, 9.17) is 14.2 Å². The van der Waals surface area contributed by atoms with Crippen molar-refractivity contribution in [2.24, 2.45) is 5.41 Å². The number of halogens is 1. The average Bonchev–Trinajstić information content (AvgIpc) is 2.80. The number of nitrogens with one attached hydrogen (secondary N) is 1. The summed E-state index contributed by atoms with van der Waals surface area (Å²) in [7, 11) is 3.05. The molecule has 0 spiro atoms. The highest BCUT2D eigenvalue weighted by atomic mass is 79.9. The van der Waals surface area contributed by atoms with Gasteiger partial charge in [-0.3, -0.25) is 0 Å². The predicted molar refractivity (Wildman–Crippen MR) is 102 cm³/mol. The van der Waals surface area contributed by atoms with Crippen molar-refractivity contribution >= 4 is 22.0 Å². The normalized spacial score (nSPS) is 22.0. The minimum Gasteiger partial charge on any atom is -0.477 e. The summed E-state index contributed by atoms with van der Waals surface area (Å²) in [5.74, 6) is 0.627. The number of aromatic nitrogens is 2. The number of alkyl carbamates (subject to hydrolysis) is 1. The maximum Gasteiger partial charge on any atom is 0.407 e. The summed E-state index contributed by atoms with van der Waals surface area (Å²) in [4.78, 5) is 21.3. The van der Waals surface area contributed by atoms with E-state index in [-0.39, 0.29) is 17.4 Å². The lowest BCUT2D eigenvalue weighted by Crippen LogP contribution is -2.46. The monoisotopic (exact) mass is 429 g/mol. The number of amides is 1. The molecule has 26 heavy (non-hydrogen) atoms. The summed E-state index contributed by atoms with van der Waals surface area (Å²) in [6.07, 6.45) is 1.39. The van der Waals surface area contributed by atoms with Crippen molar-refractivity contribution in [1.29, 1.82) is 0 Å². The molecule has 1 saturated carbocycles. The second-order valence-electron chi connectivity index (χ2n) is 8.18. The Labute approximate surface area is 163 Å². The molecule has 2 unspecified atom stereocenters. The molecule has 1 aromatic rings. The number of carbonyl (C=O) groups excluding carboxylic acids is 1. The first-order valence-corrected chi connectivity index (χ1v) is 9.42. The van der Waals surface area contributed by atoms with Crippen LogP contribution in [0.5, 0.6) is 11.8 Å². The number of hydrogen-bond donors (Lipinski definition) is 1. The number of carbonyl (C=O) groups is 1. The molecule has 2 rings (SSSR count). The Hall–Kier alpha value is -1.57. The summed E-state index contributed by atoms with van der Waals surface area (Å²) in [5.41, 5.74) is 0.0938. The van der Waals surface area contributed by atoms with Crippen LogP contribution in [0.4, 0.5) is 4.79 Å². The molecular weight excluding hydrogens is 402 g/mol. The molecule has 0 aliphatic heterocycles. The zero-order valence-corrected chi connectivity index (χ0v) is 18.1. The SMILES string of the molecule is COc1nc(Br)c(C2CCC(C)(C)C2NC(=O)OC(C)(C)C)nc1OC. The Bertz CT molecular complexity index is 673. The summed E-state index contributed by atoms with van der Waals surface area (Å²) < 4.78 is 16.5. The van der Waals surface area contributed by atoms with Crippen LogP contribution < -0.4 is 14.8 Å². The van der Waals surface area contributed by atoms with Gasteiger partial charge < -0.3 is 19.5 Å². The molecule has 0 bridgehead atoms. The third-order valence-corrected chi connectivity index (χ3v) is 5.15. The van der Waals surface area contributed by atoms with Crippen molar-refractivity contribution in [2.75, 3.05) is 14.2 Å². The second-order valence-corrected chi connectivity index (χ2v) is 8.93. The zero-order valence-electron chi connectivity index (χ0n) is 16.5. The Morgan fingerprint density at radius 1 is 1.19 bits per heavy atom. The number of hydrogen-bond acceptors (Lipinski definition) is 6. The molecule has 1 aliphatic rings. The second kappa shape index (κ2) is 7.58. The van der Waals surface area contributed by atoms with Crippen molar-refractivity contribution in [1.82, 2.24) is 15.3 Å². The van der Waals surface area contributed by atoms with Crippen LogP contribution >= 0.6 is 15.9 Å². The highest BCUT2D eigenvalue weighted by Crippen LogP contribution is 2.48. The van der Waals surface area contributed by atoms with Gasteiger partial charge in [-0.2, -0.15) is 4.98 Å². The van der Waals surface area contributed by atoms with Gasteiger partial charge in [0.15, 0.2) is 0 Å². The fraction of sp³-hybridized carbons (Fsp3) is 0.722. The molecule has 1 heterocycles. The number of methoxy groups -OCH3 is 2. The van der Waals surface area contributed by atoms with E-state index in [1.54, 1.807) is 0 Å². The third kappa shape index (κ3) is 4.58. The van der Waals surface area contributed by atoms with Crippen molar-refractivity contribution in [3.05, 3.63) is 10.3 Å². The highest BCUT2D eigenvalue weighted by molar-refractivity contribution is 9.10. The Morgan fingerprint density at radius 2 is 1.77 bits per heavy atom. The molecule has 1 aromatic heterocycles. The van der Waals surface area contributed by atoms with E-state index >= 15 is 0 Å². The first-order chi connectivity index (χ1) is 12.0. The topological polar surface area (TPSA) is 82.6 Å². The van der Waals surface area contributed by atoms with E-state index in [0.717, 1.165) is 18.5 Å². The molecule has 1 amide bonds. The number of rotatable bonds is 4. The molecule has 0 radical (unpaired) electrons. The molecule has 0 aromatic carbocycles. The molecule has 2 atom stereocenters. The minimum absolute atomic E-state index is 0.0146. The van der Waals surface area contributed by atoms with Crippen LogP contribution in [0.25, 0.3) is 0 Å². The Morgan fingerprint density at radius 3 is 2.31 bits per heavy atom. The highest BCUT2D eigenvalue weighted by Gasteiger charge is 2.45. The van der Waals surface area contributed by atoms with E-state index in [0.29, 0.717) is 16.4 Å². The van der Waals surface area contributed by atoms with Gasteiger partial charge >= 0.3 is 6.09 Å². The summed E-state index contributed by atoms with van der Waals surface area (Å²) in [5, 5.41) is 3.05. The van der Waals surface area contributed by atoms with Crippen molar-refractivity contribution in [3.8, 4) is 11.8 Å². The van der Waals surface area contributed by atoms with Crippen molar-refractivity contribution in [3.63, 3.8) is 0 Å². The van der Waals surface area contributed by atoms with Gasteiger partial charge in [-0.1, -0.05) is 13.8 Å². The van der Waals surface area contributed by atoms with Crippen LogP contribution in [0.15, 0.2) is 4.60 Å². The van der Waals surface area contributed by atoms with E-state index < -0.39 is 11.7 Å². The van der Waals surface area contributed by atoms with Crippen LogP contribution in [-0.2, 0) is 4.74 Å². The predicted octanol–water partition coefficient (Wildman–Crippen LogP) is 4.05. The number of nitrogens with zero attached hydrogens (tertiary/aromatic N) is 2. The zero-order chi connectivity index (χ0) is 19.7. The molecule has 7 nitrogen and oxygen atoms in total. The Balaban J connectivity index is 2.34. The summed E-state index contributed by atoms with van der Waals surface area (Å²) in [6, 6.07) is -0.138. The van der Waals surface area contributed by atoms with Crippen LogP contribution in [0.1, 0.15) is 59.1 Å². The fourth-order valence-electron chi connectivity index (χ4n) is 3.32. The van der Waals surface area contributed by atoms with Gasteiger partial charge in [0.2, 0.25) is 0 Å². The van der Waals surface area contributed by atoms with Crippen LogP contribution in [-0.4, -0.2) is 41.9 Å². The van der Waals surface area contributed by atoms with E-state index in [9.17, 15) is 4.79 Å². The number of ether oxygens (including phenoxy) is 3. The van der Waals surface area contributed by atoms with E-state index in [1.165, 1.54) is 14.2 Å². The van der Waals surface area contributed by atoms with Crippen molar-refractivity contribution < 1.29 is 19.0 Å². The minimum atomic E-state index is -0.550. The smallest absolute Gasteiger partial charge is 0.407 e. The molecule has 1 aliphatic carbocycles. The lowest BCUT2D eigenvalue weighted by Gasteiger charge is -2.32. The first kappa shape index (κ1) is 20.7. The molecule has 1 fully saturated rings. The fourth-order valence-corrected chi connectivity index (χ4v) is 3.86. The molecule has 146 valence electrons. The van der Waals surface area contributed by atoms with Gasteiger partial charge in [-0.05, 0) is 55.0 Å². The van der Waals surface area contributed by atoms with Gasteiger partial charge in [0.05, 0.1) is 19.9 Å². The largest absolute Gasteiger partial charge is 0.477 e. The summed E-state index contributed by atoms with van der Waals surface area (Å²) in [6.45, 7) is 9.81. The van der Waals surface area contributed by atoms with E-state index in [1.807, 2.05) is 20.8 Å². The van der Waals surface area contributed by atoms with Gasteiger partial charge in [-0.15, -0.1) is 0 Å². The molecule has 1 N–H and O–H groups in total. The third-order valence-electron chi connectivity index (χ3n) is 4.57. The molecular formula is C18H28BrN3O4. The van der Waals surface area contributed by atoms with E-state index in [2.05, 4.69) is 45.1 Å². The quantitative estimate of drug-likeness (QED) is 0.776. The van der Waals surface area contributed by atoms with Crippen LogP contribution in [0.3, 0.4) is 0 Å². The lowest BCUT2D eigenvalue weighted by atomic mass is 9.84. The standard InChI is InChI=1S/C18H28BrN3O4/c1-17(2,3)26-16(23)21-12-10(8-9-18(12,4)5)11-13(19)22-15(25-7)14(20-11)24-6/h10,12H,8-9H2,1-7H3,(H,21,23). The van der Waals surface area contributed by atoms with Crippen LogP contribution in [0, 0.1) is 5.41 Å². The maximum absolute atomic E-state index is 12.4. The van der Waals surface area contributed by atoms with Crippen LogP contribution in [0.2, 0.25) is 0 Å². The Kier molecular flexibility index (Phi) is 6.05.